The van der Waals surface area contributed by atoms with Gasteiger partial charge in [-0.3, -0.25) is 0 Å². The second-order valence-corrected chi connectivity index (χ2v) is 4.13. The van der Waals surface area contributed by atoms with Crippen molar-refractivity contribution in [2.75, 3.05) is 0 Å². The van der Waals surface area contributed by atoms with Crippen molar-refractivity contribution in [2.24, 2.45) is 0 Å². The molecule has 0 saturated heterocycles. The van der Waals surface area contributed by atoms with E-state index < -0.39 is 4.92 Å². The molecule has 0 aliphatic carbocycles. The number of nitro groups is 1. The largest absolute Gasteiger partial charge is 0.389 e. The van der Waals surface area contributed by atoms with Gasteiger partial charge in [0.05, 0.1) is 10.7 Å². The van der Waals surface area contributed by atoms with Crippen LogP contribution in [0.2, 0.25) is 0 Å². The maximum absolute atomic E-state index is 10.8. The number of rotatable bonds is 2. The zero-order valence-electron chi connectivity index (χ0n) is 8.29. The predicted octanol–water partition coefficient (Wildman–Crippen LogP) is 2.25. The third-order valence-electron chi connectivity index (χ3n) is 1.95. The number of hydrogen-bond donors (Lipinski definition) is 0. The first-order valence-electron chi connectivity index (χ1n) is 4.39. The van der Waals surface area contributed by atoms with Crippen LogP contribution in [0.5, 0.6) is 0 Å². The molecule has 0 aliphatic rings. The van der Waals surface area contributed by atoms with Crippen LogP contribution in [-0.4, -0.2) is 19.7 Å². The van der Waals surface area contributed by atoms with Crippen molar-refractivity contribution in [3.63, 3.8) is 0 Å². The lowest BCUT2D eigenvalue weighted by Gasteiger charge is -2.02. The van der Waals surface area contributed by atoms with E-state index in [9.17, 15) is 10.1 Å². The third-order valence-corrected chi connectivity index (χ3v) is 2.38. The Kier molecular flexibility index (Phi) is 2.69. The van der Waals surface area contributed by atoms with Gasteiger partial charge >= 0.3 is 5.82 Å². The fraction of sp³-hybridized carbons (Fsp3) is 0.111. The Hall–Kier alpha value is -1.76. The lowest BCUT2D eigenvalue weighted by atomic mass is 10.4. The van der Waals surface area contributed by atoms with Crippen LogP contribution in [0.1, 0.15) is 5.56 Å². The minimum absolute atomic E-state index is 0.216. The molecule has 2 heterocycles. The second kappa shape index (κ2) is 4.01. The van der Waals surface area contributed by atoms with Gasteiger partial charge in [-0.1, -0.05) is 0 Å². The van der Waals surface area contributed by atoms with Crippen LogP contribution in [-0.2, 0) is 0 Å². The lowest BCUT2D eigenvalue weighted by molar-refractivity contribution is -0.389. The van der Waals surface area contributed by atoms with Gasteiger partial charge in [0.2, 0.25) is 0 Å². The topological polar surface area (TPSA) is 73.8 Å². The molecule has 16 heavy (non-hydrogen) atoms. The van der Waals surface area contributed by atoms with Crippen molar-refractivity contribution in [1.82, 2.24) is 14.8 Å². The van der Waals surface area contributed by atoms with E-state index in [4.69, 9.17) is 0 Å². The molecule has 0 unspecified atom stereocenters. The predicted molar refractivity (Wildman–Crippen MR) is 60.5 cm³/mol. The molecular weight excluding hydrogens is 276 g/mol. The summed E-state index contributed by atoms with van der Waals surface area (Å²) in [4.78, 5) is 14.0. The zero-order valence-corrected chi connectivity index (χ0v) is 9.88. The van der Waals surface area contributed by atoms with Gasteiger partial charge in [-0.05, 0) is 44.4 Å². The van der Waals surface area contributed by atoms with Gasteiger partial charge in [-0.15, -0.1) is 0 Å². The van der Waals surface area contributed by atoms with Crippen molar-refractivity contribution in [3.05, 3.63) is 44.8 Å². The third kappa shape index (κ3) is 1.94. The highest BCUT2D eigenvalue weighted by molar-refractivity contribution is 9.10. The molecule has 0 radical (unpaired) electrons. The molecule has 0 fully saturated rings. The van der Waals surface area contributed by atoms with E-state index >= 15 is 0 Å². The van der Waals surface area contributed by atoms with Gasteiger partial charge in [0.25, 0.3) is 0 Å². The SMILES string of the molecule is Cc1cnn(-c2cc(Br)cnc2[N+](=O)[O-])c1. The van der Waals surface area contributed by atoms with Crippen molar-refractivity contribution in [2.45, 2.75) is 6.92 Å². The van der Waals surface area contributed by atoms with Crippen LogP contribution in [0.15, 0.2) is 29.1 Å². The molecule has 0 aliphatic heterocycles. The number of nitrogens with zero attached hydrogens (tertiary/aromatic N) is 4. The smallest absolute Gasteiger partial charge is 0.358 e. The first-order valence-corrected chi connectivity index (χ1v) is 5.19. The van der Waals surface area contributed by atoms with Crippen LogP contribution in [0.4, 0.5) is 5.82 Å². The number of pyridine rings is 1. The summed E-state index contributed by atoms with van der Waals surface area (Å²) in [7, 11) is 0. The number of halogens is 1. The van der Waals surface area contributed by atoms with Crippen molar-refractivity contribution in [1.29, 1.82) is 0 Å². The molecular formula is C9H7BrN4O2. The van der Waals surface area contributed by atoms with Gasteiger partial charge in [0.1, 0.15) is 0 Å². The molecule has 2 rings (SSSR count). The molecule has 0 amide bonds. The molecule has 2 aromatic heterocycles. The van der Waals surface area contributed by atoms with Crippen LogP contribution < -0.4 is 0 Å². The number of aromatic nitrogens is 3. The zero-order chi connectivity index (χ0) is 11.7. The van der Waals surface area contributed by atoms with E-state index in [-0.39, 0.29) is 5.82 Å². The van der Waals surface area contributed by atoms with Gasteiger partial charge in [-0.2, -0.15) is 5.10 Å². The maximum Gasteiger partial charge on any atom is 0.389 e. The van der Waals surface area contributed by atoms with Gasteiger partial charge < -0.3 is 10.1 Å². The molecule has 0 saturated carbocycles. The summed E-state index contributed by atoms with van der Waals surface area (Å²) < 4.78 is 2.10. The Bertz CT molecular complexity index is 552. The monoisotopic (exact) mass is 282 g/mol. The second-order valence-electron chi connectivity index (χ2n) is 3.22. The Morgan fingerprint density at radius 2 is 2.25 bits per heavy atom. The van der Waals surface area contributed by atoms with E-state index in [1.165, 1.54) is 10.9 Å². The van der Waals surface area contributed by atoms with Gasteiger partial charge in [0.15, 0.2) is 11.9 Å². The quantitative estimate of drug-likeness (QED) is 0.625. The molecule has 0 atom stereocenters. The lowest BCUT2D eigenvalue weighted by Crippen LogP contribution is -2.02. The molecule has 82 valence electrons. The van der Waals surface area contributed by atoms with Crippen molar-refractivity contribution in [3.8, 4) is 5.69 Å². The molecule has 0 aromatic carbocycles. The highest BCUT2D eigenvalue weighted by atomic mass is 79.9. The summed E-state index contributed by atoms with van der Waals surface area (Å²) in [5.41, 5.74) is 1.27. The van der Waals surface area contributed by atoms with Crippen LogP contribution in [0.3, 0.4) is 0 Å². The fourth-order valence-electron chi connectivity index (χ4n) is 1.28. The Morgan fingerprint density at radius 3 is 2.81 bits per heavy atom. The van der Waals surface area contributed by atoms with Crippen LogP contribution >= 0.6 is 15.9 Å². The number of hydrogen-bond acceptors (Lipinski definition) is 4. The first kappa shape index (κ1) is 10.7. The normalized spacial score (nSPS) is 10.4. The standard InChI is InChI=1S/C9H7BrN4O2/c1-6-3-12-13(5-6)8-2-7(10)4-11-9(8)14(15)16/h2-5H,1H3. The fourth-order valence-corrected chi connectivity index (χ4v) is 1.59. The number of aryl methyl sites for hydroxylation is 1. The van der Waals surface area contributed by atoms with E-state index in [0.717, 1.165) is 5.56 Å². The molecule has 7 heteroatoms. The van der Waals surface area contributed by atoms with Crippen LogP contribution in [0, 0.1) is 17.0 Å². The first-order chi connectivity index (χ1) is 7.58. The van der Waals surface area contributed by atoms with Crippen molar-refractivity contribution >= 4 is 21.7 Å². The van der Waals surface area contributed by atoms with Gasteiger partial charge in [-0.25, -0.2) is 4.68 Å². The molecule has 6 nitrogen and oxygen atoms in total. The molecule has 0 bridgehead atoms. The van der Waals surface area contributed by atoms with E-state index in [0.29, 0.717) is 10.2 Å². The minimum Gasteiger partial charge on any atom is -0.358 e. The Morgan fingerprint density at radius 1 is 1.50 bits per heavy atom. The highest BCUT2D eigenvalue weighted by Gasteiger charge is 2.17. The Labute approximate surface area is 99.2 Å². The van der Waals surface area contributed by atoms with Crippen LogP contribution in [0.25, 0.3) is 5.69 Å². The summed E-state index contributed by atoms with van der Waals surface area (Å²) in [6.07, 6.45) is 4.72. The molecule has 0 spiro atoms. The summed E-state index contributed by atoms with van der Waals surface area (Å²) in [6, 6.07) is 1.61. The summed E-state index contributed by atoms with van der Waals surface area (Å²) in [5, 5.41) is 14.8. The molecule has 0 N–H and O–H groups in total. The summed E-state index contributed by atoms with van der Waals surface area (Å²) >= 11 is 3.22. The summed E-state index contributed by atoms with van der Waals surface area (Å²) in [5.74, 6) is -0.216. The van der Waals surface area contributed by atoms with E-state index in [2.05, 4.69) is 26.0 Å². The molecule has 2 aromatic rings. The van der Waals surface area contributed by atoms with Gasteiger partial charge in [0, 0.05) is 6.20 Å². The van der Waals surface area contributed by atoms with E-state index in [1.807, 2.05) is 6.92 Å². The van der Waals surface area contributed by atoms with Crippen molar-refractivity contribution < 1.29 is 4.92 Å². The van der Waals surface area contributed by atoms with E-state index in [1.54, 1.807) is 18.5 Å². The maximum atomic E-state index is 10.8. The Balaban J connectivity index is 2.62. The highest BCUT2D eigenvalue weighted by Crippen LogP contribution is 2.23. The average molecular weight is 283 g/mol. The summed E-state index contributed by atoms with van der Waals surface area (Å²) in [6.45, 7) is 1.86. The average Bonchev–Trinajstić information content (AvgIpc) is 2.64. The minimum atomic E-state index is -0.529.